The van der Waals surface area contributed by atoms with E-state index in [0.717, 1.165) is 31.4 Å². The molecule has 1 saturated heterocycles. The molecular weight excluding hydrogens is 248 g/mol. The van der Waals surface area contributed by atoms with Gasteiger partial charge in [-0.3, -0.25) is 4.79 Å². The van der Waals surface area contributed by atoms with Gasteiger partial charge in [-0.15, -0.1) is 0 Å². The normalized spacial score (nSPS) is 19.2. The Morgan fingerprint density at radius 1 is 1.25 bits per heavy atom. The number of carbonyl (C=O) groups excluding carboxylic acids is 1. The Bertz CT molecular complexity index is 433. The highest BCUT2D eigenvalue weighted by Crippen LogP contribution is 2.23. The summed E-state index contributed by atoms with van der Waals surface area (Å²) < 4.78 is 5.58. The van der Waals surface area contributed by atoms with Gasteiger partial charge in [-0.25, -0.2) is 0 Å². The molecule has 1 unspecified atom stereocenters. The van der Waals surface area contributed by atoms with Crippen LogP contribution in [0.2, 0.25) is 0 Å². The van der Waals surface area contributed by atoms with Gasteiger partial charge >= 0.3 is 0 Å². The first kappa shape index (κ1) is 15.2. The summed E-state index contributed by atoms with van der Waals surface area (Å²) in [4.78, 5) is 12.1. The van der Waals surface area contributed by atoms with E-state index in [-0.39, 0.29) is 11.2 Å². The maximum atomic E-state index is 12.1. The van der Waals surface area contributed by atoms with E-state index in [2.05, 4.69) is 32.9 Å². The van der Waals surface area contributed by atoms with Crippen molar-refractivity contribution < 1.29 is 9.53 Å². The maximum Gasteiger partial charge on any atom is 0.162 e. The summed E-state index contributed by atoms with van der Waals surface area (Å²) >= 11 is 0. The van der Waals surface area contributed by atoms with Crippen LogP contribution in [0.5, 0.6) is 0 Å². The second kappa shape index (κ2) is 6.53. The summed E-state index contributed by atoms with van der Waals surface area (Å²) in [6.45, 7) is 7.45. The van der Waals surface area contributed by atoms with Crippen LogP contribution in [0, 0.1) is 0 Å². The summed E-state index contributed by atoms with van der Waals surface area (Å²) in [5.74, 6) is 0.253. The lowest BCUT2D eigenvalue weighted by atomic mass is 9.86. The van der Waals surface area contributed by atoms with E-state index in [1.165, 1.54) is 12.0 Å². The average Bonchev–Trinajstić information content (AvgIpc) is 2.91. The zero-order valence-electron chi connectivity index (χ0n) is 12.9. The van der Waals surface area contributed by atoms with Gasteiger partial charge in [-0.1, -0.05) is 45.0 Å². The number of hydrogen-bond acceptors (Lipinski definition) is 2. The van der Waals surface area contributed by atoms with Crippen LogP contribution in [-0.2, 0) is 10.2 Å². The molecule has 0 bridgehead atoms. The molecule has 1 aromatic carbocycles. The molecule has 1 aliphatic rings. The summed E-state index contributed by atoms with van der Waals surface area (Å²) in [6.07, 6.45) is 5.32. The third-order valence-corrected chi connectivity index (χ3v) is 4.03. The molecule has 2 rings (SSSR count). The van der Waals surface area contributed by atoms with Crippen molar-refractivity contribution in [1.82, 2.24) is 0 Å². The van der Waals surface area contributed by atoms with E-state index in [1.54, 1.807) is 0 Å². The highest BCUT2D eigenvalue weighted by atomic mass is 16.5. The fourth-order valence-electron chi connectivity index (χ4n) is 2.66. The number of carbonyl (C=O) groups is 1. The molecule has 1 aromatic rings. The van der Waals surface area contributed by atoms with Crippen LogP contribution in [0.3, 0.4) is 0 Å². The van der Waals surface area contributed by atoms with Gasteiger partial charge in [-0.2, -0.15) is 0 Å². The molecular formula is C18H26O2. The van der Waals surface area contributed by atoms with Gasteiger partial charge in [0.05, 0.1) is 6.10 Å². The maximum absolute atomic E-state index is 12.1. The molecule has 0 aromatic heterocycles. The quantitative estimate of drug-likeness (QED) is 0.738. The van der Waals surface area contributed by atoms with Crippen LogP contribution in [0.4, 0.5) is 0 Å². The fourth-order valence-corrected chi connectivity index (χ4v) is 2.66. The Kier molecular flexibility index (Phi) is 4.98. The number of benzene rings is 1. The largest absolute Gasteiger partial charge is 0.378 e. The Labute approximate surface area is 122 Å². The van der Waals surface area contributed by atoms with Crippen molar-refractivity contribution in [1.29, 1.82) is 0 Å². The molecule has 110 valence electrons. The van der Waals surface area contributed by atoms with E-state index in [4.69, 9.17) is 4.74 Å². The fraction of sp³-hybridized carbons (Fsp3) is 0.611. The van der Waals surface area contributed by atoms with E-state index < -0.39 is 0 Å². The molecule has 1 heterocycles. The minimum atomic E-state index is 0.140. The minimum Gasteiger partial charge on any atom is -0.378 e. The summed E-state index contributed by atoms with van der Waals surface area (Å²) in [6, 6.07) is 8.09. The summed E-state index contributed by atoms with van der Waals surface area (Å²) in [5, 5.41) is 0. The Morgan fingerprint density at radius 2 is 1.95 bits per heavy atom. The Hall–Kier alpha value is -1.15. The van der Waals surface area contributed by atoms with Crippen molar-refractivity contribution in [2.45, 2.75) is 64.4 Å². The predicted molar refractivity (Wildman–Crippen MR) is 82.3 cm³/mol. The van der Waals surface area contributed by atoms with Crippen molar-refractivity contribution in [2.75, 3.05) is 6.61 Å². The number of ketones is 1. The van der Waals surface area contributed by atoms with Gasteiger partial charge in [0.1, 0.15) is 0 Å². The lowest BCUT2D eigenvalue weighted by Gasteiger charge is -2.19. The first-order valence-corrected chi connectivity index (χ1v) is 7.72. The smallest absolute Gasteiger partial charge is 0.162 e. The third kappa shape index (κ3) is 4.17. The van der Waals surface area contributed by atoms with Gasteiger partial charge in [0, 0.05) is 18.6 Å². The lowest BCUT2D eigenvalue weighted by molar-refractivity contribution is 0.0922. The zero-order chi connectivity index (χ0) is 14.6. The molecule has 0 spiro atoms. The molecule has 1 aliphatic heterocycles. The highest BCUT2D eigenvalue weighted by molar-refractivity contribution is 5.96. The van der Waals surface area contributed by atoms with Gasteiger partial charge in [0.15, 0.2) is 5.78 Å². The molecule has 0 amide bonds. The summed E-state index contributed by atoms with van der Waals surface area (Å²) in [7, 11) is 0. The van der Waals surface area contributed by atoms with E-state index in [0.29, 0.717) is 12.5 Å². The van der Waals surface area contributed by atoms with E-state index >= 15 is 0 Å². The van der Waals surface area contributed by atoms with Crippen LogP contribution in [0.25, 0.3) is 0 Å². The number of rotatable bonds is 5. The van der Waals surface area contributed by atoms with Crippen LogP contribution in [-0.4, -0.2) is 18.5 Å². The number of ether oxygens (including phenoxy) is 1. The molecule has 0 radical (unpaired) electrons. The second-order valence-electron chi connectivity index (χ2n) is 6.78. The van der Waals surface area contributed by atoms with Gasteiger partial charge in [0.2, 0.25) is 0 Å². The molecule has 2 heteroatoms. The number of hydrogen-bond donors (Lipinski definition) is 0. The molecule has 1 fully saturated rings. The van der Waals surface area contributed by atoms with Crippen LogP contribution >= 0.6 is 0 Å². The lowest BCUT2D eigenvalue weighted by Crippen LogP contribution is -2.11. The van der Waals surface area contributed by atoms with Crippen LogP contribution in [0.1, 0.15) is 68.8 Å². The Morgan fingerprint density at radius 3 is 2.50 bits per heavy atom. The van der Waals surface area contributed by atoms with E-state index in [1.807, 2.05) is 12.1 Å². The third-order valence-electron chi connectivity index (χ3n) is 4.03. The predicted octanol–water partition coefficient (Wildman–Crippen LogP) is 4.52. The first-order valence-electron chi connectivity index (χ1n) is 7.72. The van der Waals surface area contributed by atoms with Gasteiger partial charge in [-0.05, 0) is 36.7 Å². The highest BCUT2D eigenvalue weighted by Gasteiger charge is 2.17. The first-order chi connectivity index (χ1) is 9.47. The van der Waals surface area contributed by atoms with Gasteiger partial charge in [0.25, 0.3) is 0 Å². The molecule has 0 saturated carbocycles. The van der Waals surface area contributed by atoms with Crippen LogP contribution in [0.15, 0.2) is 24.3 Å². The van der Waals surface area contributed by atoms with Gasteiger partial charge < -0.3 is 4.74 Å². The van der Waals surface area contributed by atoms with Crippen molar-refractivity contribution in [3.8, 4) is 0 Å². The minimum absolute atomic E-state index is 0.140. The summed E-state index contributed by atoms with van der Waals surface area (Å²) in [5.41, 5.74) is 2.25. The molecule has 0 N–H and O–H groups in total. The number of Topliss-reactive ketones (excluding diaryl/α,β-unsaturated/α-hetero) is 1. The van der Waals surface area contributed by atoms with Crippen molar-refractivity contribution in [3.63, 3.8) is 0 Å². The second-order valence-corrected chi connectivity index (χ2v) is 6.78. The standard InChI is InChI=1S/C18H26O2/c1-18(2,3)15-11-9-14(10-12-15)17(19)8-4-6-16-7-5-13-20-16/h9-12,16H,4-8,13H2,1-3H3. The SMILES string of the molecule is CC(C)(C)c1ccc(C(=O)CCCC2CCCO2)cc1. The van der Waals surface area contributed by atoms with Crippen molar-refractivity contribution in [3.05, 3.63) is 35.4 Å². The average molecular weight is 274 g/mol. The molecule has 20 heavy (non-hydrogen) atoms. The van der Waals surface area contributed by atoms with E-state index in [9.17, 15) is 4.79 Å². The van der Waals surface area contributed by atoms with Crippen LogP contribution < -0.4 is 0 Å². The monoisotopic (exact) mass is 274 g/mol. The van der Waals surface area contributed by atoms with Crippen molar-refractivity contribution >= 4 is 5.78 Å². The topological polar surface area (TPSA) is 26.3 Å². The molecule has 0 aliphatic carbocycles. The van der Waals surface area contributed by atoms with Crippen molar-refractivity contribution in [2.24, 2.45) is 0 Å². The molecule has 1 atom stereocenters. The zero-order valence-corrected chi connectivity index (χ0v) is 12.9. The molecule has 2 nitrogen and oxygen atoms in total. The Balaban J connectivity index is 1.82.